The van der Waals surface area contributed by atoms with E-state index in [2.05, 4.69) is 0 Å². The van der Waals surface area contributed by atoms with Gasteiger partial charge in [-0.15, -0.1) is 0 Å². The molecule has 0 aliphatic heterocycles. The van der Waals surface area contributed by atoms with Gasteiger partial charge in [0.2, 0.25) is 0 Å². The molecular weight excluding hydrogens is 210 g/mol. The van der Waals surface area contributed by atoms with Gasteiger partial charge in [0.1, 0.15) is 0 Å². The molecular formula is H4CrMgMnSe. The normalized spacial score (nSPS) is 0. The molecule has 0 nitrogen and oxygen atoms in total. The molecule has 0 spiro atoms. The standard InChI is InChI=1S/Cr.Mg.Mn.H2Se.2H/h;;;1H2;;/q;+2;;;2*-1. The molecule has 4 heteroatoms. The van der Waals surface area contributed by atoms with Gasteiger partial charge in [0, 0.05) is 34.4 Å². The zero-order valence-corrected chi connectivity index (χ0v) is 7.96. The third kappa shape index (κ3) is 8.84. The summed E-state index contributed by atoms with van der Waals surface area (Å²) in [6.07, 6.45) is 0. The Morgan fingerprint density at radius 2 is 1.25 bits per heavy atom. The first kappa shape index (κ1) is 33.0. The number of rotatable bonds is 0. The summed E-state index contributed by atoms with van der Waals surface area (Å²) in [6, 6.07) is 0. The fourth-order valence-electron chi connectivity index (χ4n) is 0. The molecule has 0 amide bonds. The van der Waals surface area contributed by atoms with Crippen LogP contribution in [0.3, 0.4) is 0 Å². The van der Waals surface area contributed by atoms with Crippen molar-refractivity contribution in [2.24, 2.45) is 0 Å². The van der Waals surface area contributed by atoms with Crippen LogP contribution in [-0.4, -0.2) is 40.1 Å². The predicted molar refractivity (Wildman–Crippen MR) is 16.5 cm³/mol. The van der Waals surface area contributed by atoms with Crippen LogP contribution >= 0.6 is 0 Å². The second-order valence-electron chi connectivity index (χ2n) is 0. The van der Waals surface area contributed by atoms with Crippen LogP contribution in [0.4, 0.5) is 0 Å². The van der Waals surface area contributed by atoms with Crippen molar-refractivity contribution in [1.29, 1.82) is 0 Å². The van der Waals surface area contributed by atoms with Crippen LogP contribution in [0.1, 0.15) is 2.85 Å². The van der Waals surface area contributed by atoms with Crippen molar-refractivity contribution in [2.45, 2.75) is 0 Å². The van der Waals surface area contributed by atoms with Crippen LogP contribution in [0.25, 0.3) is 0 Å². The first-order chi connectivity index (χ1) is 0. The molecule has 0 unspecified atom stereocenters. The van der Waals surface area contributed by atoms with E-state index in [4.69, 9.17) is 0 Å². The maximum atomic E-state index is 0. The van der Waals surface area contributed by atoms with E-state index in [0.29, 0.717) is 0 Å². The Balaban J connectivity index is 0. The quantitative estimate of drug-likeness (QED) is 0.450. The van der Waals surface area contributed by atoms with Crippen molar-refractivity contribution >= 4 is 40.1 Å². The molecule has 0 heterocycles. The topological polar surface area (TPSA) is 0 Å². The Bertz CT molecular complexity index is 13.5. The molecule has 0 saturated carbocycles. The van der Waals surface area contributed by atoms with Gasteiger partial charge in [0.15, 0.2) is 0 Å². The summed E-state index contributed by atoms with van der Waals surface area (Å²) in [5.41, 5.74) is 0. The van der Waals surface area contributed by atoms with Crippen molar-refractivity contribution in [2.75, 3.05) is 0 Å². The van der Waals surface area contributed by atoms with Crippen LogP contribution in [0.15, 0.2) is 0 Å². The molecule has 1 radical (unpaired) electrons. The van der Waals surface area contributed by atoms with Crippen molar-refractivity contribution in [3.8, 4) is 0 Å². The summed E-state index contributed by atoms with van der Waals surface area (Å²) in [4.78, 5) is 0. The van der Waals surface area contributed by atoms with Crippen LogP contribution in [0.2, 0.25) is 0 Å². The maximum absolute atomic E-state index is 0. The van der Waals surface area contributed by atoms with Crippen molar-refractivity contribution in [3.05, 3.63) is 0 Å². The molecule has 0 bridgehead atoms. The molecule has 0 saturated heterocycles. The Labute approximate surface area is 76.7 Å². The number of hydrogen-bond donors (Lipinski definition) is 0. The Kier molecular flexibility index (Phi) is 152. The third-order valence-corrected chi connectivity index (χ3v) is 0. The van der Waals surface area contributed by atoms with E-state index in [0.717, 1.165) is 0 Å². The number of hydrogen-bond acceptors (Lipinski definition) is 0. The SMILES string of the molecule is [Cr].[H-].[H-].[Mg+2].[Mn].[SeH2]. The molecule has 25 valence electrons. The molecule has 0 fully saturated rings. The first-order valence-electron chi connectivity index (χ1n) is 0. The summed E-state index contributed by atoms with van der Waals surface area (Å²) >= 11 is 0. The van der Waals surface area contributed by atoms with Gasteiger partial charge in [-0.05, 0) is 0 Å². The Morgan fingerprint density at radius 3 is 1.25 bits per heavy atom. The van der Waals surface area contributed by atoms with Gasteiger partial charge in [-0.25, -0.2) is 0 Å². The van der Waals surface area contributed by atoms with Gasteiger partial charge in [0.05, 0.1) is 0 Å². The van der Waals surface area contributed by atoms with Gasteiger partial charge in [-0.1, -0.05) is 0 Å². The predicted octanol–water partition coefficient (Wildman–Crippen LogP) is -1.08. The van der Waals surface area contributed by atoms with Gasteiger partial charge >= 0.3 is 40.1 Å². The summed E-state index contributed by atoms with van der Waals surface area (Å²) in [5.74, 6) is 0. The first-order valence-corrected chi connectivity index (χ1v) is 0. The molecule has 0 atom stereocenters. The average Bonchev–Trinajstić information content (AvgIpc) is 0. The monoisotopic (exact) mass is 215 g/mol. The molecule has 0 N–H and O–H groups in total. The van der Waals surface area contributed by atoms with Gasteiger partial charge in [0.25, 0.3) is 0 Å². The molecule has 0 aromatic heterocycles. The van der Waals surface area contributed by atoms with E-state index >= 15 is 0 Å². The zero-order valence-electron chi connectivity index (χ0n) is 3.99. The van der Waals surface area contributed by atoms with Crippen LogP contribution < -0.4 is 0 Å². The van der Waals surface area contributed by atoms with E-state index in [1.807, 2.05) is 0 Å². The van der Waals surface area contributed by atoms with E-state index in [9.17, 15) is 0 Å². The van der Waals surface area contributed by atoms with E-state index in [-0.39, 0.29) is 77.4 Å². The summed E-state index contributed by atoms with van der Waals surface area (Å²) in [5, 5.41) is 0. The second-order valence-corrected chi connectivity index (χ2v) is 0. The van der Waals surface area contributed by atoms with Crippen molar-refractivity contribution in [1.82, 2.24) is 0 Å². The minimum absolute atomic E-state index is 0. The summed E-state index contributed by atoms with van der Waals surface area (Å²) < 4.78 is 0. The van der Waals surface area contributed by atoms with Crippen molar-refractivity contribution < 1.29 is 37.3 Å². The summed E-state index contributed by atoms with van der Waals surface area (Å²) in [7, 11) is 0. The molecule has 0 aromatic carbocycles. The molecule has 0 rings (SSSR count). The molecule has 0 aliphatic carbocycles. The van der Waals surface area contributed by atoms with Gasteiger partial charge in [-0.2, -0.15) is 0 Å². The fourth-order valence-corrected chi connectivity index (χ4v) is 0. The Hall–Kier alpha value is 2.34. The molecule has 0 aliphatic rings. The summed E-state index contributed by atoms with van der Waals surface area (Å²) in [6.45, 7) is 0. The molecule has 0 aromatic rings. The van der Waals surface area contributed by atoms with Crippen LogP contribution in [-0.2, 0) is 34.4 Å². The van der Waals surface area contributed by atoms with Crippen LogP contribution in [0, 0.1) is 0 Å². The average molecular weight is 214 g/mol. The van der Waals surface area contributed by atoms with Crippen LogP contribution in [0.5, 0.6) is 0 Å². The van der Waals surface area contributed by atoms with E-state index < -0.39 is 0 Å². The second kappa shape index (κ2) is 18.4. The zero-order chi connectivity index (χ0) is 0. The third-order valence-electron chi connectivity index (χ3n) is 0. The van der Waals surface area contributed by atoms with Gasteiger partial charge < -0.3 is 2.85 Å². The van der Waals surface area contributed by atoms with Crippen molar-refractivity contribution in [3.63, 3.8) is 0 Å². The minimum atomic E-state index is 0. The van der Waals surface area contributed by atoms with E-state index in [1.54, 1.807) is 0 Å². The van der Waals surface area contributed by atoms with Gasteiger partial charge in [-0.3, -0.25) is 0 Å². The fraction of sp³-hybridized carbons (Fsp3) is 0. The van der Waals surface area contributed by atoms with E-state index in [1.165, 1.54) is 0 Å². The Morgan fingerprint density at radius 1 is 1.25 bits per heavy atom. The molecule has 4 heavy (non-hydrogen) atoms.